The fourth-order valence-corrected chi connectivity index (χ4v) is 3.18. The molecule has 0 amide bonds. The topological polar surface area (TPSA) is 47.2 Å². The molecule has 0 bridgehead atoms. The molecule has 1 fully saturated rings. The van der Waals surface area contributed by atoms with Crippen LogP contribution in [-0.4, -0.2) is 16.4 Å². The van der Waals surface area contributed by atoms with Crippen molar-refractivity contribution in [2.24, 2.45) is 17.8 Å². The minimum atomic E-state index is -0.362. The van der Waals surface area contributed by atoms with E-state index in [0.29, 0.717) is 28.5 Å². The van der Waals surface area contributed by atoms with Gasteiger partial charge in [-0.1, -0.05) is 11.6 Å². The largest absolute Gasteiger partial charge is 0.383 e. The Hall–Kier alpha value is -2.40. The predicted molar refractivity (Wildman–Crippen MR) is 97.4 cm³/mol. The molecule has 2 N–H and O–H groups in total. The Morgan fingerprint density at radius 2 is 2.20 bits per heavy atom. The number of nitrogens with two attached hydrogens (primary N) is 1. The molecule has 2 heterocycles. The molecular weight excluding hydrogens is 339 g/mol. The summed E-state index contributed by atoms with van der Waals surface area (Å²) in [6.45, 7) is 0.359. The number of aromatic nitrogens is 2. The number of hydrogen-bond donors (Lipinski definition) is 1. The summed E-state index contributed by atoms with van der Waals surface area (Å²) in [5, 5.41) is 1.47. The Balaban J connectivity index is 1.69. The van der Waals surface area contributed by atoms with Gasteiger partial charge in [-0.2, -0.15) is 0 Å². The minimum Gasteiger partial charge on any atom is -0.383 e. The van der Waals surface area contributed by atoms with Crippen molar-refractivity contribution in [3.63, 3.8) is 0 Å². The summed E-state index contributed by atoms with van der Waals surface area (Å²) in [5.41, 5.74) is 7.99. The summed E-state index contributed by atoms with van der Waals surface area (Å²) >= 11 is 6.36. The lowest BCUT2D eigenvalue weighted by molar-refractivity contribution is -0.670. The molecule has 0 aliphatic heterocycles. The first-order valence-corrected chi connectivity index (χ1v) is 8.65. The molecule has 25 heavy (non-hydrogen) atoms. The quantitative estimate of drug-likeness (QED) is 0.435. The van der Waals surface area contributed by atoms with Gasteiger partial charge in [0.1, 0.15) is 24.2 Å². The van der Waals surface area contributed by atoms with E-state index < -0.39 is 0 Å². The van der Waals surface area contributed by atoms with Gasteiger partial charge in [0.05, 0.1) is 12.6 Å². The third kappa shape index (κ3) is 3.24. The van der Waals surface area contributed by atoms with Crippen LogP contribution in [-0.2, 0) is 13.6 Å². The summed E-state index contributed by atoms with van der Waals surface area (Å²) in [7, 11) is 1.96. The molecule has 6 heteroatoms. The van der Waals surface area contributed by atoms with Crippen molar-refractivity contribution < 1.29 is 8.96 Å². The molecule has 4 rings (SSSR count). The van der Waals surface area contributed by atoms with E-state index >= 15 is 0 Å². The monoisotopic (exact) mass is 357 g/mol. The van der Waals surface area contributed by atoms with E-state index in [0.717, 1.165) is 23.7 Å². The third-order valence-electron chi connectivity index (χ3n) is 4.49. The Morgan fingerprint density at radius 3 is 2.92 bits per heavy atom. The molecule has 0 unspecified atom stereocenters. The van der Waals surface area contributed by atoms with Gasteiger partial charge < -0.3 is 10.3 Å². The highest BCUT2D eigenvalue weighted by Gasteiger charge is 2.21. The van der Waals surface area contributed by atoms with Crippen molar-refractivity contribution in [1.82, 2.24) is 4.57 Å². The Labute approximate surface area is 150 Å². The molecular formula is C19H19ClFN4+. The predicted octanol–water partition coefficient (Wildman–Crippen LogP) is 3.17. The van der Waals surface area contributed by atoms with Crippen molar-refractivity contribution in [1.29, 1.82) is 0 Å². The van der Waals surface area contributed by atoms with Crippen LogP contribution in [0.2, 0.25) is 5.02 Å². The number of amidine groups is 1. The number of hydrogen-bond acceptors (Lipinski definition) is 1. The summed E-state index contributed by atoms with van der Waals surface area (Å²) < 4.78 is 18.6. The standard InChI is InChI=1S/C19H19ClFN4/c1-24-6-4-12-5-7-25(18(12)11-24)10-15-16(20)8-13(9-17(15)21)19(22)23-14-2-3-14/h4-9,11,14H,2-3,10H2,1H3,(H2,22,23)/q+1. The first kappa shape index (κ1) is 16.1. The van der Waals surface area contributed by atoms with Gasteiger partial charge in [0.25, 0.3) is 0 Å². The smallest absolute Gasteiger partial charge is 0.193 e. The third-order valence-corrected chi connectivity index (χ3v) is 4.83. The number of aliphatic imine (C=N–C) groups is 1. The highest BCUT2D eigenvalue weighted by atomic mass is 35.5. The molecule has 128 valence electrons. The lowest BCUT2D eigenvalue weighted by atomic mass is 10.1. The molecule has 1 aliphatic rings. The molecule has 0 atom stereocenters. The van der Waals surface area contributed by atoms with Gasteiger partial charge in [0.2, 0.25) is 0 Å². The van der Waals surface area contributed by atoms with E-state index in [1.807, 2.05) is 46.9 Å². The van der Waals surface area contributed by atoms with E-state index in [1.54, 1.807) is 6.07 Å². The van der Waals surface area contributed by atoms with Crippen LogP contribution in [0.4, 0.5) is 4.39 Å². The van der Waals surface area contributed by atoms with E-state index in [9.17, 15) is 4.39 Å². The van der Waals surface area contributed by atoms with E-state index in [-0.39, 0.29) is 11.9 Å². The van der Waals surface area contributed by atoms with Crippen molar-refractivity contribution in [2.45, 2.75) is 25.4 Å². The number of benzene rings is 1. The zero-order chi connectivity index (χ0) is 17.6. The highest BCUT2D eigenvalue weighted by molar-refractivity contribution is 6.31. The molecule has 0 saturated heterocycles. The Morgan fingerprint density at radius 1 is 1.40 bits per heavy atom. The fraction of sp³-hybridized carbons (Fsp3) is 0.263. The normalized spacial score (nSPS) is 15.1. The second-order valence-electron chi connectivity index (χ2n) is 6.56. The van der Waals surface area contributed by atoms with Crippen molar-refractivity contribution in [3.05, 3.63) is 64.8 Å². The number of fused-ring (bicyclic) bond motifs is 1. The van der Waals surface area contributed by atoms with Crippen LogP contribution >= 0.6 is 11.6 Å². The van der Waals surface area contributed by atoms with E-state index in [2.05, 4.69) is 4.99 Å². The van der Waals surface area contributed by atoms with Crippen LogP contribution in [0.25, 0.3) is 10.9 Å². The van der Waals surface area contributed by atoms with Gasteiger partial charge >= 0.3 is 0 Å². The first-order chi connectivity index (χ1) is 12.0. The van der Waals surface area contributed by atoms with Crippen molar-refractivity contribution >= 4 is 28.3 Å². The number of halogens is 2. The summed E-state index contributed by atoms with van der Waals surface area (Å²) in [6.07, 6.45) is 8.03. The van der Waals surface area contributed by atoms with Gasteiger partial charge in [-0.05, 0) is 31.0 Å². The Bertz CT molecular complexity index is 965. The lowest BCUT2D eigenvalue weighted by Crippen LogP contribution is -2.26. The molecule has 4 nitrogen and oxygen atoms in total. The molecule has 0 spiro atoms. The van der Waals surface area contributed by atoms with Gasteiger partial charge in [-0.3, -0.25) is 4.99 Å². The summed E-state index contributed by atoms with van der Waals surface area (Å²) in [5.74, 6) is -0.00751. The van der Waals surface area contributed by atoms with Crippen LogP contribution < -0.4 is 10.3 Å². The first-order valence-electron chi connectivity index (χ1n) is 8.27. The summed E-state index contributed by atoms with van der Waals surface area (Å²) in [4.78, 5) is 4.36. The number of pyridine rings is 1. The average molecular weight is 358 g/mol. The van der Waals surface area contributed by atoms with Crippen LogP contribution in [0.3, 0.4) is 0 Å². The molecule has 2 aromatic heterocycles. The zero-order valence-corrected chi connectivity index (χ0v) is 14.7. The maximum atomic E-state index is 14.7. The van der Waals surface area contributed by atoms with Crippen molar-refractivity contribution in [2.75, 3.05) is 0 Å². The van der Waals surface area contributed by atoms with Crippen LogP contribution in [0.5, 0.6) is 0 Å². The minimum absolute atomic E-state index is 0.286. The Kier molecular flexibility index (Phi) is 3.96. The van der Waals surface area contributed by atoms with Crippen LogP contribution in [0.1, 0.15) is 24.0 Å². The SMILES string of the molecule is C[n+]1ccc2ccn(Cc3c(F)cc(C(N)=NC4CC4)cc3Cl)c2c1. The summed E-state index contributed by atoms with van der Waals surface area (Å²) in [6, 6.07) is 7.45. The fourth-order valence-electron chi connectivity index (χ4n) is 2.91. The second kappa shape index (κ2) is 6.15. The van der Waals surface area contributed by atoms with Crippen LogP contribution in [0, 0.1) is 5.82 Å². The molecule has 1 aromatic carbocycles. The van der Waals surface area contributed by atoms with E-state index in [4.69, 9.17) is 17.3 Å². The zero-order valence-electron chi connectivity index (χ0n) is 13.9. The molecule has 1 aliphatic carbocycles. The maximum Gasteiger partial charge on any atom is 0.193 e. The molecule has 1 saturated carbocycles. The average Bonchev–Trinajstić information content (AvgIpc) is 3.30. The van der Waals surface area contributed by atoms with Gasteiger partial charge in [-0.15, -0.1) is 0 Å². The van der Waals surface area contributed by atoms with Crippen molar-refractivity contribution in [3.8, 4) is 0 Å². The highest BCUT2D eigenvalue weighted by Crippen LogP contribution is 2.27. The van der Waals surface area contributed by atoms with Gasteiger partial charge in [-0.25, -0.2) is 8.96 Å². The maximum absolute atomic E-state index is 14.7. The van der Waals surface area contributed by atoms with E-state index in [1.165, 1.54) is 6.07 Å². The number of rotatable bonds is 4. The molecule has 3 aromatic rings. The lowest BCUT2D eigenvalue weighted by Gasteiger charge is -2.11. The number of nitrogens with zero attached hydrogens (tertiary/aromatic N) is 3. The number of aryl methyl sites for hydroxylation is 1. The van der Waals surface area contributed by atoms with Gasteiger partial charge in [0, 0.05) is 33.8 Å². The second-order valence-corrected chi connectivity index (χ2v) is 6.97. The molecule has 0 radical (unpaired) electrons. The van der Waals surface area contributed by atoms with Crippen LogP contribution in [0.15, 0.2) is 47.8 Å². The van der Waals surface area contributed by atoms with Gasteiger partial charge in [0.15, 0.2) is 12.4 Å².